The molecule has 0 spiro atoms. The van der Waals surface area contributed by atoms with Gasteiger partial charge in [-0.15, -0.1) is 23.1 Å². The van der Waals surface area contributed by atoms with Crippen molar-refractivity contribution in [2.45, 2.75) is 25.6 Å². The molecule has 2 aromatic rings. The van der Waals surface area contributed by atoms with Crippen LogP contribution >= 0.6 is 23.1 Å². The third-order valence-electron chi connectivity index (χ3n) is 2.12. The van der Waals surface area contributed by atoms with Crippen LogP contribution in [0.3, 0.4) is 0 Å². The molecule has 0 radical (unpaired) electrons. The summed E-state index contributed by atoms with van der Waals surface area (Å²) in [6.07, 6.45) is 0. The summed E-state index contributed by atoms with van der Waals surface area (Å²) < 4.78 is 5.14. The first-order chi connectivity index (χ1) is 9.15. The molecule has 0 aliphatic carbocycles. The summed E-state index contributed by atoms with van der Waals surface area (Å²) in [4.78, 5) is 16.7. The molecule has 0 saturated heterocycles. The second-order valence-electron chi connectivity index (χ2n) is 4.20. The van der Waals surface area contributed by atoms with Crippen molar-refractivity contribution in [2.75, 3.05) is 5.75 Å². The first-order valence-corrected chi connectivity index (χ1v) is 7.92. The van der Waals surface area contributed by atoms with Gasteiger partial charge in [0.25, 0.3) is 0 Å². The third-order valence-corrected chi connectivity index (χ3v) is 3.90. The maximum atomic E-state index is 11.4. The highest BCUT2D eigenvalue weighted by molar-refractivity contribution is 7.99. The summed E-state index contributed by atoms with van der Waals surface area (Å²) in [7, 11) is 0. The smallest absolute Gasteiger partial charge is 0.236 e. The van der Waals surface area contributed by atoms with Crippen LogP contribution in [0.2, 0.25) is 0 Å². The van der Waals surface area contributed by atoms with Gasteiger partial charge in [0.15, 0.2) is 0 Å². The fraction of sp³-hybridized carbons (Fsp3) is 0.417. The number of hydrogen-bond donors (Lipinski definition) is 1. The van der Waals surface area contributed by atoms with Crippen LogP contribution in [0, 0.1) is 0 Å². The first kappa shape index (κ1) is 14.1. The van der Waals surface area contributed by atoms with E-state index in [9.17, 15) is 4.79 Å². The van der Waals surface area contributed by atoms with Crippen molar-refractivity contribution in [1.29, 1.82) is 0 Å². The Kier molecular flexibility index (Phi) is 4.98. The molecule has 1 amide bonds. The van der Waals surface area contributed by atoms with Crippen LogP contribution in [0.25, 0.3) is 10.7 Å². The monoisotopic (exact) mass is 297 g/mol. The minimum Gasteiger partial charge on any atom is -0.353 e. The highest BCUT2D eigenvalue weighted by atomic mass is 32.2. The van der Waals surface area contributed by atoms with Crippen LogP contribution in [0.15, 0.2) is 22.0 Å². The average Bonchev–Trinajstić information content (AvgIpc) is 2.97. The molecule has 0 fully saturated rings. The summed E-state index contributed by atoms with van der Waals surface area (Å²) >= 11 is 3.03. The van der Waals surface area contributed by atoms with Gasteiger partial charge in [-0.1, -0.05) is 11.2 Å². The molecule has 2 rings (SSSR count). The van der Waals surface area contributed by atoms with E-state index in [2.05, 4.69) is 15.5 Å². The molecule has 5 nitrogen and oxygen atoms in total. The lowest BCUT2D eigenvalue weighted by atomic mass is 10.4. The van der Waals surface area contributed by atoms with Gasteiger partial charge in [0, 0.05) is 6.04 Å². The van der Waals surface area contributed by atoms with Gasteiger partial charge in [-0.05, 0) is 25.3 Å². The molecule has 0 atom stereocenters. The topological polar surface area (TPSA) is 68.0 Å². The van der Waals surface area contributed by atoms with E-state index in [-0.39, 0.29) is 11.9 Å². The van der Waals surface area contributed by atoms with Crippen LogP contribution in [-0.4, -0.2) is 27.8 Å². The average molecular weight is 297 g/mol. The number of nitrogens with one attached hydrogen (secondary N) is 1. The van der Waals surface area contributed by atoms with Gasteiger partial charge in [-0.2, -0.15) is 4.98 Å². The molecule has 0 saturated carbocycles. The van der Waals surface area contributed by atoms with Crippen molar-refractivity contribution in [3.63, 3.8) is 0 Å². The maximum absolute atomic E-state index is 11.4. The molecular formula is C12H15N3O2S2. The zero-order valence-electron chi connectivity index (χ0n) is 10.8. The van der Waals surface area contributed by atoms with Crippen LogP contribution in [0.5, 0.6) is 0 Å². The Labute approximate surface area is 119 Å². The number of aromatic nitrogens is 2. The second-order valence-corrected chi connectivity index (χ2v) is 6.14. The molecule has 7 heteroatoms. The maximum Gasteiger partial charge on any atom is 0.236 e. The Morgan fingerprint density at radius 2 is 2.42 bits per heavy atom. The number of thioether (sulfide) groups is 1. The van der Waals surface area contributed by atoms with E-state index >= 15 is 0 Å². The molecular weight excluding hydrogens is 282 g/mol. The lowest BCUT2D eigenvalue weighted by Crippen LogP contribution is -2.31. The van der Waals surface area contributed by atoms with Gasteiger partial charge < -0.3 is 9.84 Å². The highest BCUT2D eigenvalue weighted by Crippen LogP contribution is 2.22. The van der Waals surface area contributed by atoms with E-state index in [1.54, 1.807) is 11.3 Å². The number of thiophene rings is 1. The predicted octanol–water partition coefficient (Wildman–Crippen LogP) is 2.56. The molecule has 1 N–H and O–H groups in total. The van der Waals surface area contributed by atoms with Gasteiger partial charge >= 0.3 is 0 Å². The number of hydrogen-bond acceptors (Lipinski definition) is 6. The van der Waals surface area contributed by atoms with E-state index in [0.717, 1.165) is 4.88 Å². The van der Waals surface area contributed by atoms with Crippen molar-refractivity contribution in [3.8, 4) is 10.7 Å². The largest absolute Gasteiger partial charge is 0.353 e. The summed E-state index contributed by atoms with van der Waals surface area (Å²) in [6, 6.07) is 4.06. The fourth-order valence-electron chi connectivity index (χ4n) is 1.41. The molecule has 0 aliphatic rings. The Morgan fingerprint density at radius 1 is 1.58 bits per heavy atom. The van der Waals surface area contributed by atoms with Gasteiger partial charge in [0.1, 0.15) is 0 Å². The van der Waals surface area contributed by atoms with Gasteiger partial charge in [-0.3, -0.25) is 4.79 Å². The summed E-state index contributed by atoms with van der Waals surface area (Å²) in [5.41, 5.74) is 0. The van der Waals surface area contributed by atoms with E-state index in [0.29, 0.717) is 23.2 Å². The van der Waals surface area contributed by atoms with Gasteiger partial charge in [0.2, 0.25) is 17.6 Å². The molecule has 0 aliphatic heterocycles. The minimum absolute atomic E-state index is 0.0259. The summed E-state index contributed by atoms with van der Waals surface area (Å²) in [6.45, 7) is 3.88. The number of carbonyl (C=O) groups is 1. The zero-order chi connectivity index (χ0) is 13.7. The lowest BCUT2D eigenvalue weighted by Gasteiger charge is -2.06. The van der Waals surface area contributed by atoms with Crippen molar-refractivity contribution >= 4 is 29.0 Å². The Morgan fingerprint density at radius 3 is 3.11 bits per heavy atom. The Hall–Kier alpha value is -1.34. The molecule has 19 heavy (non-hydrogen) atoms. The Bertz CT molecular complexity index is 523. The number of amides is 1. The number of carbonyl (C=O) groups excluding carboxylic acids is 1. The lowest BCUT2D eigenvalue weighted by molar-refractivity contribution is -0.119. The molecule has 2 aromatic heterocycles. The molecule has 102 valence electrons. The second kappa shape index (κ2) is 6.72. The van der Waals surface area contributed by atoms with E-state index < -0.39 is 0 Å². The van der Waals surface area contributed by atoms with E-state index in [1.807, 2.05) is 31.4 Å². The van der Waals surface area contributed by atoms with Gasteiger partial charge in [0.05, 0.1) is 16.4 Å². The predicted molar refractivity (Wildman–Crippen MR) is 77.1 cm³/mol. The quantitative estimate of drug-likeness (QED) is 0.887. The van der Waals surface area contributed by atoms with Gasteiger partial charge in [-0.25, -0.2) is 0 Å². The van der Waals surface area contributed by atoms with Crippen LogP contribution in [0.4, 0.5) is 0 Å². The molecule has 0 unspecified atom stereocenters. The summed E-state index contributed by atoms with van der Waals surface area (Å²) in [5, 5.41) is 8.72. The van der Waals surface area contributed by atoms with Crippen molar-refractivity contribution in [2.24, 2.45) is 0 Å². The summed E-state index contributed by atoms with van der Waals surface area (Å²) in [5.74, 6) is 2.12. The number of rotatable bonds is 6. The van der Waals surface area contributed by atoms with Crippen molar-refractivity contribution < 1.29 is 9.32 Å². The van der Waals surface area contributed by atoms with E-state index in [1.165, 1.54) is 11.8 Å². The first-order valence-electron chi connectivity index (χ1n) is 5.88. The normalized spacial score (nSPS) is 10.9. The van der Waals surface area contributed by atoms with Crippen LogP contribution in [0.1, 0.15) is 19.7 Å². The van der Waals surface area contributed by atoms with Crippen LogP contribution in [-0.2, 0) is 10.5 Å². The van der Waals surface area contributed by atoms with Crippen LogP contribution < -0.4 is 5.32 Å². The SMILES string of the molecule is CC(C)NC(=O)CSCc1nc(-c2cccs2)no1. The standard InChI is InChI=1S/C12H15N3O2S2/c1-8(2)13-10(16)6-18-7-11-14-12(15-17-11)9-4-3-5-19-9/h3-5,8H,6-7H2,1-2H3,(H,13,16). The van der Waals surface area contributed by atoms with Crippen molar-refractivity contribution in [3.05, 3.63) is 23.4 Å². The highest BCUT2D eigenvalue weighted by Gasteiger charge is 2.10. The zero-order valence-corrected chi connectivity index (χ0v) is 12.4. The minimum atomic E-state index is 0.0259. The fourth-order valence-corrected chi connectivity index (χ4v) is 2.73. The molecule has 0 aromatic carbocycles. The third kappa shape index (κ3) is 4.36. The van der Waals surface area contributed by atoms with E-state index in [4.69, 9.17) is 4.52 Å². The Balaban J connectivity index is 1.79. The number of nitrogens with zero attached hydrogens (tertiary/aromatic N) is 2. The van der Waals surface area contributed by atoms with Crippen molar-refractivity contribution in [1.82, 2.24) is 15.5 Å². The molecule has 0 bridgehead atoms. The molecule has 2 heterocycles.